The maximum absolute atomic E-state index is 14.8. The molecule has 0 bridgehead atoms. The van der Waals surface area contributed by atoms with Gasteiger partial charge in [0.05, 0.1) is 11.6 Å². The monoisotopic (exact) mass is 387 g/mol. The Labute approximate surface area is 169 Å². The van der Waals surface area contributed by atoms with Crippen LogP contribution < -0.4 is 9.64 Å². The Morgan fingerprint density at radius 2 is 2.07 bits per heavy atom. The summed E-state index contributed by atoms with van der Waals surface area (Å²) < 4.78 is 21.6. The Hall–Kier alpha value is -2.95. The smallest absolute Gasteiger partial charge is 0.229 e. The van der Waals surface area contributed by atoms with Crippen LogP contribution in [0.4, 0.5) is 15.8 Å². The molecule has 6 rings (SSSR count). The fraction of sp³-hybridized carbons (Fsp3) is 0.333. The number of nitrogens with zero attached hydrogens (tertiary/aromatic N) is 3. The fourth-order valence-corrected chi connectivity index (χ4v) is 5.71. The van der Waals surface area contributed by atoms with Crippen LogP contribution in [0.15, 0.2) is 59.9 Å². The van der Waals surface area contributed by atoms with Gasteiger partial charge in [-0.2, -0.15) is 0 Å². The molecule has 29 heavy (non-hydrogen) atoms. The van der Waals surface area contributed by atoms with Gasteiger partial charge in [-0.25, -0.2) is 4.39 Å². The van der Waals surface area contributed by atoms with Gasteiger partial charge in [0.25, 0.3) is 0 Å². The molecule has 2 aliphatic heterocycles. The van der Waals surface area contributed by atoms with Crippen LogP contribution in [0.25, 0.3) is 10.8 Å². The predicted octanol–water partition coefficient (Wildman–Crippen LogP) is 5.33. The van der Waals surface area contributed by atoms with Crippen LogP contribution in [-0.2, 0) is 5.41 Å². The van der Waals surface area contributed by atoms with E-state index in [0.29, 0.717) is 12.8 Å². The van der Waals surface area contributed by atoms with Gasteiger partial charge in [-0.05, 0) is 55.5 Å². The molecule has 3 aliphatic rings. The van der Waals surface area contributed by atoms with Gasteiger partial charge in [0.2, 0.25) is 5.72 Å². The van der Waals surface area contributed by atoms with E-state index < -0.39 is 17.3 Å². The summed E-state index contributed by atoms with van der Waals surface area (Å²) in [4.78, 5) is 11.3. The lowest BCUT2D eigenvalue weighted by molar-refractivity contribution is 0.0181. The quantitative estimate of drug-likeness (QED) is 0.524. The van der Waals surface area contributed by atoms with Crippen LogP contribution >= 0.6 is 0 Å². The molecule has 0 N–H and O–H groups in total. The molecule has 3 atom stereocenters. The van der Waals surface area contributed by atoms with Gasteiger partial charge in [-0.15, -0.1) is 0 Å². The molecule has 1 fully saturated rings. The Balaban J connectivity index is 1.58. The minimum atomic E-state index is -0.832. The summed E-state index contributed by atoms with van der Waals surface area (Å²) in [7, 11) is 2.04. The van der Waals surface area contributed by atoms with E-state index in [1.807, 2.05) is 49.8 Å². The van der Waals surface area contributed by atoms with Crippen molar-refractivity contribution in [3.8, 4) is 5.75 Å². The lowest BCUT2D eigenvalue weighted by atomic mass is 9.64. The third-order valence-electron chi connectivity index (χ3n) is 7.04. The fourth-order valence-electron chi connectivity index (χ4n) is 5.71. The lowest BCUT2D eigenvalue weighted by Crippen LogP contribution is -2.64. The number of aliphatic imine (C=N–C) groups is 1. The van der Waals surface area contributed by atoms with Crippen molar-refractivity contribution in [2.75, 3.05) is 11.9 Å². The molecule has 1 aromatic heterocycles. The Morgan fingerprint density at radius 3 is 2.97 bits per heavy atom. The van der Waals surface area contributed by atoms with Crippen molar-refractivity contribution in [1.29, 1.82) is 0 Å². The van der Waals surface area contributed by atoms with Crippen molar-refractivity contribution in [1.82, 2.24) is 4.98 Å². The van der Waals surface area contributed by atoms with E-state index in [1.54, 1.807) is 6.20 Å². The molecule has 2 aromatic carbocycles. The molecular formula is C24H22FN3O. The summed E-state index contributed by atoms with van der Waals surface area (Å²) in [5.41, 5.74) is 1.81. The van der Waals surface area contributed by atoms with Gasteiger partial charge in [0, 0.05) is 35.9 Å². The molecule has 146 valence electrons. The van der Waals surface area contributed by atoms with E-state index in [0.717, 1.165) is 40.7 Å². The number of hydrogen-bond donors (Lipinski definition) is 0. The van der Waals surface area contributed by atoms with Gasteiger partial charge >= 0.3 is 0 Å². The SMILES string of the molecule is CN1c2ccccc2C2(CCCC(F)C2)C12C=Nc1c(ccc3cnccc13)O2. The lowest BCUT2D eigenvalue weighted by Gasteiger charge is -2.50. The average Bonchev–Trinajstić information content (AvgIpc) is 2.94. The van der Waals surface area contributed by atoms with Crippen molar-refractivity contribution >= 4 is 28.4 Å². The Kier molecular flexibility index (Phi) is 3.38. The van der Waals surface area contributed by atoms with E-state index in [1.165, 1.54) is 5.56 Å². The summed E-state index contributed by atoms with van der Waals surface area (Å²) >= 11 is 0. The van der Waals surface area contributed by atoms with Crippen LogP contribution in [0.3, 0.4) is 0 Å². The topological polar surface area (TPSA) is 37.7 Å². The summed E-state index contributed by atoms with van der Waals surface area (Å²) in [6.07, 6.45) is 7.50. The van der Waals surface area contributed by atoms with Crippen LogP contribution in [0, 0.1) is 0 Å². The zero-order chi connectivity index (χ0) is 19.6. The third-order valence-corrected chi connectivity index (χ3v) is 7.04. The number of anilines is 1. The standard InChI is InChI=1S/C24H22FN3O/c1-28-20-7-3-2-6-19(20)23(11-4-5-17(25)13-23)24(28)15-27-22-18-10-12-26-14-16(18)8-9-21(22)29-24/h2-3,6-10,12,14-15,17H,4-5,11,13H2,1H3. The first-order valence-electron chi connectivity index (χ1n) is 10.2. The second-order valence-corrected chi connectivity index (χ2v) is 8.42. The van der Waals surface area contributed by atoms with E-state index in [9.17, 15) is 4.39 Å². The van der Waals surface area contributed by atoms with E-state index in [-0.39, 0.29) is 0 Å². The number of para-hydroxylation sites is 1. The average molecular weight is 387 g/mol. The molecule has 1 saturated carbocycles. The van der Waals surface area contributed by atoms with Gasteiger partial charge in [0.1, 0.15) is 17.6 Å². The second-order valence-electron chi connectivity index (χ2n) is 8.42. The first kappa shape index (κ1) is 17.0. The number of pyridine rings is 1. The molecular weight excluding hydrogens is 365 g/mol. The van der Waals surface area contributed by atoms with Crippen LogP contribution in [-0.4, -0.2) is 30.1 Å². The summed E-state index contributed by atoms with van der Waals surface area (Å²) in [6, 6.07) is 14.3. The van der Waals surface area contributed by atoms with Crippen molar-refractivity contribution in [2.24, 2.45) is 4.99 Å². The highest BCUT2D eigenvalue weighted by Gasteiger charge is 2.64. The molecule has 0 radical (unpaired) electrons. The molecule has 0 amide bonds. The van der Waals surface area contributed by atoms with E-state index in [2.05, 4.69) is 22.0 Å². The maximum atomic E-state index is 14.8. The molecule has 2 spiro atoms. The Bertz CT molecular complexity index is 1160. The number of fused-ring (bicyclic) bond motifs is 6. The first-order chi connectivity index (χ1) is 14.1. The molecule has 3 heterocycles. The van der Waals surface area contributed by atoms with E-state index >= 15 is 0 Å². The van der Waals surface area contributed by atoms with Crippen LogP contribution in [0.1, 0.15) is 31.2 Å². The Morgan fingerprint density at radius 1 is 1.17 bits per heavy atom. The van der Waals surface area contributed by atoms with Crippen molar-refractivity contribution in [3.63, 3.8) is 0 Å². The molecule has 3 aromatic rings. The minimum Gasteiger partial charge on any atom is -0.459 e. The van der Waals surface area contributed by atoms with Gasteiger partial charge in [-0.1, -0.05) is 18.2 Å². The highest BCUT2D eigenvalue weighted by atomic mass is 19.1. The van der Waals surface area contributed by atoms with Crippen molar-refractivity contribution in [2.45, 2.75) is 43.0 Å². The number of benzene rings is 2. The largest absolute Gasteiger partial charge is 0.459 e. The zero-order valence-electron chi connectivity index (χ0n) is 16.3. The number of ether oxygens (including phenoxy) is 1. The summed E-state index contributed by atoms with van der Waals surface area (Å²) in [5.74, 6) is 0.742. The van der Waals surface area contributed by atoms with Gasteiger partial charge in [0.15, 0.2) is 0 Å². The van der Waals surface area contributed by atoms with Crippen LogP contribution in [0.2, 0.25) is 0 Å². The van der Waals surface area contributed by atoms with Gasteiger partial charge < -0.3 is 9.64 Å². The van der Waals surface area contributed by atoms with Crippen LogP contribution in [0.5, 0.6) is 5.75 Å². The predicted molar refractivity (Wildman–Crippen MR) is 113 cm³/mol. The van der Waals surface area contributed by atoms with E-state index in [4.69, 9.17) is 9.73 Å². The number of likely N-dealkylation sites (N-methyl/N-ethyl adjacent to an activating group) is 1. The number of halogens is 1. The molecule has 3 unspecified atom stereocenters. The normalized spacial score (nSPS) is 29.9. The number of rotatable bonds is 0. The molecule has 5 heteroatoms. The highest BCUT2D eigenvalue weighted by molar-refractivity contribution is 5.99. The van der Waals surface area contributed by atoms with Crippen molar-refractivity contribution in [3.05, 3.63) is 60.4 Å². The zero-order valence-corrected chi connectivity index (χ0v) is 16.3. The maximum Gasteiger partial charge on any atom is 0.229 e. The second kappa shape index (κ2) is 5.78. The molecule has 1 aliphatic carbocycles. The number of hydrogen-bond acceptors (Lipinski definition) is 4. The number of alkyl halides is 1. The summed E-state index contributed by atoms with van der Waals surface area (Å²) in [6.45, 7) is 0. The first-order valence-corrected chi connectivity index (χ1v) is 10.2. The van der Waals surface area contributed by atoms with Crippen molar-refractivity contribution < 1.29 is 9.13 Å². The molecule has 4 nitrogen and oxygen atoms in total. The van der Waals surface area contributed by atoms with Gasteiger partial charge in [-0.3, -0.25) is 9.98 Å². The third kappa shape index (κ3) is 2.08. The number of aromatic nitrogens is 1. The molecule has 0 saturated heterocycles. The highest BCUT2D eigenvalue weighted by Crippen LogP contribution is 2.59. The minimum absolute atomic E-state index is 0.452. The summed E-state index contributed by atoms with van der Waals surface area (Å²) in [5, 5.41) is 2.05.